The van der Waals surface area contributed by atoms with Crippen molar-refractivity contribution in [2.24, 2.45) is 0 Å². The first-order valence-corrected chi connectivity index (χ1v) is 8.40. The number of hydrogen-bond acceptors (Lipinski definition) is 3. The van der Waals surface area contributed by atoms with E-state index in [1.54, 1.807) is 29.9 Å². The highest BCUT2D eigenvalue weighted by Gasteiger charge is 2.18. The lowest BCUT2D eigenvalue weighted by Crippen LogP contribution is -2.36. The topological polar surface area (TPSA) is 56.2 Å². The molecule has 0 radical (unpaired) electrons. The van der Waals surface area contributed by atoms with E-state index in [-0.39, 0.29) is 24.1 Å². The standard InChI is InChI=1S/C19H17ClFN3O2/c1-13(18(25)22-11-14-6-5-7-15(21)10-14)26-19-17(20)12-24(23-19)16-8-3-2-4-9-16/h2-10,12-13H,11H2,1H3,(H,22,25). The Bertz CT molecular complexity index is 899. The average molecular weight is 374 g/mol. The molecule has 0 aliphatic heterocycles. The maximum absolute atomic E-state index is 13.2. The third-order valence-corrected chi connectivity index (χ3v) is 3.93. The lowest BCUT2D eigenvalue weighted by atomic mass is 10.2. The molecule has 1 atom stereocenters. The Balaban J connectivity index is 1.61. The highest BCUT2D eigenvalue weighted by Crippen LogP contribution is 2.25. The van der Waals surface area contributed by atoms with E-state index < -0.39 is 6.10 Å². The van der Waals surface area contributed by atoms with Crippen LogP contribution in [0.15, 0.2) is 60.8 Å². The van der Waals surface area contributed by atoms with Crippen molar-refractivity contribution in [3.8, 4) is 11.6 Å². The van der Waals surface area contributed by atoms with Crippen LogP contribution in [-0.4, -0.2) is 21.8 Å². The van der Waals surface area contributed by atoms with Crippen molar-refractivity contribution in [2.75, 3.05) is 0 Å². The zero-order valence-corrected chi connectivity index (χ0v) is 14.8. The Hall–Kier alpha value is -2.86. The molecule has 0 bridgehead atoms. The van der Waals surface area contributed by atoms with Crippen molar-refractivity contribution >= 4 is 17.5 Å². The molecular formula is C19H17ClFN3O2. The van der Waals surface area contributed by atoms with E-state index in [2.05, 4.69) is 10.4 Å². The molecule has 134 valence electrons. The van der Waals surface area contributed by atoms with Crippen LogP contribution in [0, 0.1) is 5.82 Å². The zero-order valence-electron chi connectivity index (χ0n) is 14.0. The van der Waals surface area contributed by atoms with Gasteiger partial charge in [-0.25, -0.2) is 9.07 Å². The second-order valence-electron chi connectivity index (χ2n) is 5.67. The fourth-order valence-corrected chi connectivity index (χ4v) is 2.51. The number of carbonyl (C=O) groups is 1. The van der Waals surface area contributed by atoms with Crippen LogP contribution in [0.1, 0.15) is 12.5 Å². The number of nitrogens with one attached hydrogen (secondary N) is 1. The summed E-state index contributed by atoms with van der Waals surface area (Å²) in [5.41, 5.74) is 1.49. The maximum atomic E-state index is 13.2. The molecule has 0 saturated carbocycles. The van der Waals surface area contributed by atoms with Crippen molar-refractivity contribution in [1.82, 2.24) is 15.1 Å². The predicted molar refractivity (Wildman–Crippen MR) is 96.9 cm³/mol. The van der Waals surface area contributed by atoms with Gasteiger partial charge in [-0.3, -0.25) is 4.79 Å². The first kappa shape index (κ1) is 17.9. The monoisotopic (exact) mass is 373 g/mol. The molecule has 3 rings (SSSR count). The van der Waals surface area contributed by atoms with Crippen LogP contribution in [0.3, 0.4) is 0 Å². The third-order valence-electron chi connectivity index (χ3n) is 3.67. The fraction of sp³-hybridized carbons (Fsp3) is 0.158. The van der Waals surface area contributed by atoms with E-state index in [9.17, 15) is 9.18 Å². The van der Waals surface area contributed by atoms with Crippen LogP contribution in [0.25, 0.3) is 5.69 Å². The van der Waals surface area contributed by atoms with Gasteiger partial charge in [0.25, 0.3) is 11.8 Å². The van der Waals surface area contributed by atoms with E-state index >= 15 is 0 Å². The quantitative estimate of drug-likeness (QED) is 0.716. The van der Waals surface area contributed by atoms with Crippen molar-refractivity contribution in [3.63, 3.8) is 0 Å². The molecule has 26 heavy (non-hydrogen) atoms. The van der Waals surface area contributed by atoms with Crippen LogP contribution >= 0.6 is 11.6 Å². The minimum Gasteiger partial charge on any atom is -0.462 e. The van der Waals surface area contributed by atoms with Gasteiger partial charge in [0.05, 0.1) is 11.9 Å². The van der Waals surface area contributed by atoms with Gasteiger partial charge in [-0.05, 0) is 36.8 Å². The summed E-state index contributed by atoms with van der Waals surface area (Å²) >= 11 is 6.15. The lowest BCUT2D eigenvalue weighted by Gasteiger charge is -2.13. The number of hydrogen-bond donors (Lipinski definition) is 1. The van der Waals surface area contributed by atoms with E-state index in [1.807, 2.05) is 30.3 Å². The maximum Gasteiger partial charge on any atom is 0.261 e. The highest BCUT2D eigenvalue weighted by atomic mass is 35.5. The number of amides is 1. The summed E-state index contributed by atoms with van der Waals surface area (Å²) in [5, 5.41) is 7.27. The van der Waals surface area contributed by atoms with Gasteiger partial charge in [0.15, 0.2) is 6.10 Å². The van der Waals surface area contributed by atoms with E-state index in [4.69, 9.17) is 16.3 Å². The van der Waals surface area contributed by atoms with Gasteiger partial charge in [0, 0.05) is 6.54 Å². The van der Waals surface area contributed by atoms with Crippen LogP contribution in [0.2, 0.25) is 5.02 Å². The second kappa shape index (κ2) is 8.01. The van der Waals surface area contributed by atoms with Crippen LogP contribution in [0.4, 0.5) is 4.39 Å². The van der Waals surface area contributed by atoms with Gasteiger partial charge in [0.1, 0.15) is 10.8 Å². The largest absolute Gasteiger partial charge is 0.462 e. The summed E-state index contributed by atoms with van der Waals surface area (Å²) in [5.74, 6) is -0.525. The molecule has 3 aromatic rings. The number of ether oxygens (including phenoxy) is 1. The molecule has 7 heteroatoms. The molecule has 2 aromatic carbocycles. The molecule has 1 unspecified atom stereocenters. The number of nitrogens with zero attached hydrogens (tertiary/aromatic N) is 2. The molecular weight excluding hydrogens is 357 g/mol. The molecule has 1 aromatic heterocycles. The van der Waals surface area contributed by atoms with Crippen LogP contribution in [0.5, 0.6) is 5.88 Å². The fourth-order valence-electron chi connectivity index (χ4n) is 2.33. The predicted octanol–water partition coefficient (Wildman–Crippen LogP) is 3.75. The van der Waals surface area contributed by atoms with Crippen molar-refractivity contribution in [3.05, 3.63) is 77.2 Å². The SMILES string of the molecule is CC(Oc1nn(-c2ccccc2)cc1Cl)C(=O)NCc1cccc(F)c1. The summed E-state index contributed by atoms with van der Waals surface area (Å²) in [6.45, 7) is 1.80. The van der Waals surface area contributed by atoms with E-state index in [1.165, 1.54) is 12.1 Å². The minimum absolute atomic E-state index is 0.170. The summed E-state index contributed by atoms with van der Waals surface area (Å²) in [6.07, 6.45) is 0.809. The van der Waals surface area contributed by atoms with Gasteiger partial charge in [-0.2, -0.15) is 0 Å². The van der Waals surface area contributed by atoms with Crippen molar-refractivity contribution in [1.29, 1.82) is 0 Å². The van der Waals surface area contributed by atoms with Gasteiger partial charge in [-0.15, -0.1) is 5.10 Å². The van der Waals surface area contributed by atoms with Crippen molar-refractivity contribution in [2.45, 2.75) is 19.6 Å². The number of para-hydroxylation sites is 1. The third kappa shape index (κ3) is 4.40. The molecule has 0 saturated heterocycles. The first-order valence-electron chi connectivity index (χ1n) is 8.02. The lowest BCUT2D eigenvalue weighted by molar-refractivity contribution is -0.127. The van der Waals surface area contributed by atoms with E-state index in [0.29, 0.717) is 10.6 Å². The van der Waals surface area contributed by atoms with Crippen LogP contribution in [-0.2, 0) is 11.3 Å². The Morgan fingerprint density at radius 3 is 2.77 bits per heavy atom. The first-order chi connectivity index (χ1) is 12.5. The molecule has 0 fully saturated rings. The molecule has 5 nitrogen and oxygen atoms in total. The van der Waals surface area contributed by atoms with Gasteiger partial charge < -0.3 is 10.1 Å². The number of halogens is 2. The van der Waals surface area contributed by atoms with Gasteiger partial charge in [0.2, 0.25) is 0 Å². The minimum atomic E-state index is -0.805. The Morgan fingerprint density at radius 2 is 2.04 bits per heavy atom. The molecule has 1 heterocycles. The summed E-state index contributed by atoms with van der Waals surface area (Å²) in [6, 6.07) is 15.5. The second-order valence-corrected chi connectivity index (χ2v) is 6.08. The van der Waals surface area contributed by atoms with E-state index in [0.717, 1.165) is 5.69 Å². The van der Waals surface area contributed by atoms with Gasteiger partial charge >= 0.3 is 0 Å². The molecule has 0 aliphatic rings. The Morgan fingerprint density at radius 1 is 1.27 bits per heavy atom. The molecule has 0 aliphatic carbocycles. The Kier molecular flexibility index (Phi) is 5.53. The molecule has 0 spiro atoms. The Labute approximate surface area is 155 Å². The van der Waals surface area contributed by atoms with Crippen LogP contribution < -0.4 is 10.1 Å². The summed E-state index contributed by atoms with van der Waals surface area (Å²) in [4.78, 5) is 12.2. The average Bonchev–Trinajstić information content (AvgIpc) is 3.01. The number of benzene rings is 2. The van der Waals surface area contributed by atoms with Gasteiger partial charge in [-0.1, -0.05) is 41.9 Å². The smallest absolute Gasteiger partial charge is 0.261 e. The number of aromatic nitrogens is 2. The summed E-state index contributed by atoms with van der Waals surface area (Å²) in [7, 11) is 0. The zero-order chi connectivity index (χ0) is 18.5. The molecule has 1 N–H and O–H groups in total. The normalized spacial score (nSPS) is 11.8. The number of rotatable bonds is 6. The number of carbonyl (C=O) groups excluding carboxylic acids is 1. The van der Waals surface area contributed by atoms with Crippen molar-refractivity contribution < 1.29 is 13.9 Å². The summed E-state index contributed by atoms with van der Waals surface area (Å²) < 4.78 is 20.3. The highest BCUT2D eigenvalue weighted by molar-refractivity contribution is 6.31. The molecule has 1 amide bonds.